The summed E-state index contributed by atoms with van der Waals surface area (Å²) in [5.74, 6) is 0. The number of nitriles is 2. The van der Waals surface area contributed by atoms with Gasteiger partial charge in [0.1, 0.15) is 18.3 Å². The van der Waals surface area contributed by atoms with Gasteiger partial charge in [0.25, 0.3) is 0 Å². The van der Waals surface area contributed by atoms with Crippen LogP contribution in [-0.2, 0) is 0 Å². The van der Waals surface area contributed by atoms with Gasteiger partial charge in [0, 0.05) is 12.7 Å². The van der Waals surface area contributed by atoms with Crippen LogP contribution in [0.3, 0.4) is 0 Å². The highest BCUT2D eigenvalue weighted by molar-refractivity contribution is 5.65. The van der Waals surface area contributed by atoms with Crippen LogP contribution in [0.25, 0.3) is 0 Å². The average Bonchev–Trinajstić information content (AvgIpc) is 2.62. The topological polar surface area (TPSA) is 54.1 Å². The summed E-state index contributed by atoms with van der Waals surface area (Å²) in [5.41, 5.74) is 4.11. The number of nitrogens with zero attached hydrogens (tertiary/aromatic N) is 4. The zero-order valence-electron chi connectivity index (χ0n) is 11.6. The van der Waals surface area contributed by atoms with E-state index in [2.05, 4.69) is 18.2 Å². The van der Waals surface area contributed by atoms with Gasteiger partial charge in [-0.3, -0.25) is 0 Å². The Hall–Kier alpha value is -2.46. The summed E-state index contributed by atoms with van der Waals surface area (Å²) in [5, 5.41) is 18.6. The smallest absolute Gasteiger partial charge is 0.157 e. The molecule has 1 aliphatic heterocycles. The molecule has 2 rings (SSSR count). The molecule has 0 N–H and O–H groups in total. The SMILES string of the molecule is Cc1ccc(N2C(C#N)=C(C#N)N(C)[C@@H]2C)c(C)c1. The van der Waals surface area contributed by atoms with Gasteiger partial charge < -0.3 is 9.80 Å². The van der Waals surface area contributed by atoms with Gasteiger partial charge in [-0.2, -0.15) is 10.5 Å². The predicted octanol–water partition coefficient (Wildman–Crippen LogP) is 2.66. The van der Waals surface area contributed by atoms with E-state index in [1.54, 1.807) is 0 Å². The van der Waals surface area contributed by atoms with E-state index in [0.29, 0.717) is 11.4 Å². The Morgan fingerprint density at radius 2 is 1.74 bits per heavy atom. The van der Waals surface area contributed by atoms with Gasteiger partial charge in [-0.15, -0.1) is 0 Å². The number of allylic oxidation sites excluding steroid dienone is 2. The molecule has 0 fully saturated rings. The number of aryl methyl sites for hydroxylation is 2. The Kier molecular flexibility index (Phi) is 3.19. The highest BCUT2D eigenvalue weighted by Gasteiger charge is 2.35. The van der Waals surface area contributed by atoms with Crippen molar-refractivity contribution < 1.29 is 0 Å². The van der Waals surface area contributed by atoms with E-state index in [0.717, 1.165) is 11.3 Å². The molecule has 1 aromatic rings. The molecule has 96 valence electrons. The summed E-state index contributed by atoms with van der Waals surface area (Å²) in [6.45, 7) is 6.05. The molecule has 0 amide bonds. The van der Waals surface area contributed by atoms with E-state index in [9.17, 15) is 10.5 Å². The predicted molar refractivity (Wildman–Crippen MR) is 73.9 cm³/mol. The summed E-state index contributed by atoms with van der Waals surface area (Å²) >= 11 is 0. The Bertz CT molecular complexity index is 631. The van der Waals surface area contributed by atoms with Gasteiger partial charge in [0.2, 0.25) is 0 Å². The molecule has 0 unspecified atom stereocenters. The van der Waals surface area contributed by atoms with Crippen LogP contribution in [-0.4, -0.2) is 18.1 Å². The summed E-state index contributed by atoms with van der Waals surface area (Å²) in [6.07, 6.45) is -0.0364. The molecule has 1 atom stereocenters. The molecule has 0 aliphatic carbocycles. The van der Waals surface area contributed by atoms with Crippen LogP contribution in [0.5, 0.6) is 0 Å². The molecule has 0 saturated carbocycles. The number of anilines is 1. The molecule has 19 heavy (non-hydrogen) atoms. The van der Waals surface area contributed by atoms with Crippen molar-refractivity contribution >= 4 is 5.69 Å². The Morgan fingerprint density at radius 3 is 2.26 bits per heavy atom. The largest absolute Gasteiger partial charge is 0.343 e. The van der Waals surface area contributed by atoms with Gasteiger partial charge in [0.05, 0.1) is 0 Å². The second kappa shape index (κ2) is 4.66. The molecule has 0 saturated heterocycles. The minimum absolute atomic E-state index is 0.0364. The van der Waals surface area contributed by atoms with Gasteiger partial charge in [-0.1, -0.05) is 17.7 Å². The monoisotopic (exact) mass is 252 g/mol. The average molecular weight is 252 g/mol. The number of benzene rings is 1. The normalized spacial score (nSPS) is 18.5. The second-order valence-corrected chi connectivity index (χ2v) is 4.82. The first-order valence-corrected chi connectivity index (χ1v) is 6.15. The molecular weight excluding hydrogens is 236 g/mol. The first-order chi connectivity index (χ1) is 9.01. The first kappa shape index (κ1) is 13.0. The Labute approximate surface area is 113 Å². The maximum Gasteiger partial charge on any atom is 0.157 e. The first-order valence-electron chi connectivity index (χ1n) is 6.15. The highest BCUT2D eigenvalue weighted by atomic mass is 15.4. The van der Waals surface area contributed by atoms with Gasteiger partial charge in [0.15, 0.2) is 11.4 Å². The van der Waals surface area contributed by atoms with Crippen LogP contribution in [0.2, 0.25) is 0 Å². The van der Waals surface area contributed by atoms with Crippen molar-refractivity contribution in [2.75, 3.05) is 11.9 Å². The van der Waals surface area contributed by atoms with Crippen molar-refractivity contribution in [3.63, 3.8) is 0 Å². The van der Waals surface area contributed by atoms with Crippen LogP contribution in [0.4, 0.5) is 5.69 Å². The number of hydrogen-bond donors (Lipinski definition) is 0. The van der Waals surface area contributed by atoms with Crippen LogP contribution in [0.15, 0.2) is 29.6 Å². The lowest BCUT2D eigenvalue weighted by Gasteiger charge is -2.29. The molecule has 1 aliphatic rings. The van der Waals surface area contributed by atoms with Crippen LogP contribution >= 0.6 is 0 Å². The molecule has 0 radical (unpaired) electrons. The summed E-state index contributed by atoms with van der Waals surface area (Å²) in [6, 6.07) is 10.4. The summed E-state index contributed by atoms with van der Waals surface area (Å²) < 4.78 is 0. The fourth-order valence-electron chi connectivity index (χ4n) is 2.46. The minimum atomic E-state index is -0.0364. The van der Waals surface area contributed by atoms with Crippen molar-refractivity contribution in [1.29, 1.82) is 10.5 Å². The lowest BCUT2D eigenvalue weighted by atomic mass is 10.1. The quantitative estimate of drug-likeness (QED) is 0.771. The maximum absolute atomic E-state index is 9.35. The third-order valence-corrected chi connectivity index (χ3v) is 3.58. The van der Waals surface area contributed by atoms with E-state index >= 15 is 0 Å². The van der Waals surface area contributed by atoms with Gasteiger partial charge in [-0.25, -0.2) is 0 Å². The highest BCUT2D eigenvalue weighted by Crippen LogP contribution is 2.34. The Morgan fingerprint density at radius 1 is 1.11 bits per heavy atom. The molecule has 0 spiro atoms. The van der Waals surface area contributed by atoms with Crippen molar-refractivity contribution in [2.45, 2.75) is 26.9 Å². The molecule has 4 heteroatoms. The van der Waals surface area contributed by atoms with Crippen molar-refractivity contribution in [2.24, 2.45) is 0 Å². The fourth-order valence-corrected chi connectivity index (χ4v) is 2.46. The molecule has 4 nitrogen and oxygen atoms in total. The van der Waals surface area contributed by atoms with E-state index in [1.165, 1.54) is 5.56 Å². The van der Waals surface area contributed by atoms with Crippen LogP contribution in [0.1, 0.15) is 18.1 Å². The second-order valence-electron chi connectivity index (χ2n) is 4.82. The molecule has 1 heterocycles. The van der Waals surface area contributed by atoms with E-state index in [4.69, 9.17) is 0 Å². The lowest BCUT2D eigenvalue weighted by Crippen LogP contribution is -2.36. The van der Waals surface area contributed by atoms with Crippen LogP contribution < -0.4 is 4.90 Å². The van der Waals surface area contributed by atoms with E-state index in [-0.39, 0.29) is 6.17 Å². The van der Waals surface area contributed by atoms with E-state index in [1.807, 2.05) is 49.8 Å². The molecule has 0 bridgehead atoms. The van der Waals surface area contributed by atoms with Crippen molar-refractivity contribution in [1.82, 2.24) is 4.90 Å². The third kappa shape index (κ3) is 1.92. The summed E-state index contributed by atoms with van der Waals surface area (Å²) in [7, 11) is 1.84. The van der Waals surface area contributed by atoms with Crippen molar-refractivity contribution in [3.05, 3.63) is 40.7 Å². The third-order valence-electron chi connectivity index (χ3n) is 3.58. The molecular formula is C15H16N4. The van der Waals surface area contributed by atoms with Crippen molar-refractivity contribution in [3.8, 4) is 12.1 Å². The molecule has 1 aromatic carbocycles. The number of rotatable bonds is 1. The maximum atomic E-state index is 9.35. The lowest BCUT2D eigenvalue weighted by molar-refractivity contribution is 0.367. The summed E-state index contributed by atoms with van der Waals surface area (Å²) in [4.78, 5) is 3.76. The van der Waals surface area contributed by atoms with Gasteiger partial charge in [-0.05, 0) is 32.4 Å². The van der Waals surface area contributed by atoms with Crippen LogP contribution in [0, 0.1) is 36.5 Å². The van der Waals surface area contributed by atoms with E-state index < -0.39 is 0 Å². The zero-order chi connectivity index (χ0) is 14.2. The standard InChI is InChI=1S/C15H16N4/c1-10-5-6-13(11(2)7-10)19-12(3)18(4)14(8-16)15(19)9-17/h5-7,12H,1-4H3/t12-/m0/s1. The fraction of sp³-hybridized carbons (Fsp3) is 0.333. The minimum Gasteiger partial charge on any atom is -0.343 e. The number of hydrogen-bond acceptors (Lipinski definition) is 4. The van der Waals surface area contributed by atoms with Gasteiger partial charge >= 0.3 is 0 Å². The zero-order valence-corrected chi connectivity index (χ0v) is 11.6. The molecule has 0 aromatic heterocycles. The Balaban J connectivity index is 2.59.